The second-order valence-electron chi connectivity index (χ2n) is 15.0. The molecule has 2 unspecified atom stereocenters. The Bertz CT molecular complexity index is 3220. The Morgan fingerprint density at radius 2 is 1.32 bits per heavy atom. The number of anilines is 2. The number of aromatic nitrogens is 3. The quantitative estimate of drug-likeness (QED) is 0.175. The zero-order valence-electron chi connectivity index (χ0n) is 30.8. The Hall–Kier alpha value is -7.31. The molecule has 3 aromatic heterocycles. The molecule has 0 spiro atoms. The van der Waals surface area contributed by atoms with Gasteiger partial charge in [0.15, 0.2) is 17.5 Å². The number of furan rings is 2. The van der Waals surface area contributed by atoms with E-state index in [1.165, 1.54) is 11.3 Å². The van der Waals surface area contributed by atoms with Crippen LogP contribution in [0.2, 0.25) is 0 Å². The van der Waals surface area contributed by atoms with Crippen LogP contribution in [0.5, 0.6) is 0 Å². The molecule has 0 fully saturated rings. The summed E-state index contributed by atoms with van der Waals surface area (Å²) in [5, 5.41) is 4.17. The van der Waals surface area contributed by atoms with Gasteiger partial charge in [-0.05, 0) is 78.1 Å². The first-order valence-electron chi connectivity index (χ1n) is 19.6. The van der Waals surface area contributed by atoms with Crippen molar-refractivity contribution in [3.05, 3.63) is 181 Å². The predicted molar refractivity (Wildman–Crippen MR) is 230 cm³/mol. The highest BCUT2D eigenvalue weighted by Gasteiger charge is 2.37. The fourth-order valence-corrected chi connectivity index (χ4v) is 9.09. The third-order valence-electron chi connectivity index (χ3n) is 11.7. The SMILES string of the molecule is C1=CC2c3ccccc3N(c3ccc4oc5cc(-c6cccc7oc8cccc(-c9nc(C%10=CCCC=C%10)nc(-c%10ccccc%10)n9)c8c67)ccc5c4c3)C2C=C1. The lowest BCUT2D eigenvalue weighted by atomic mass is 9.91. The Kier molecular flexibility index (Phi) is 7.08. The average Bonchev–Trinajstić information content (AvgIpc) is 3.96. The van der Waals surface area contributed by atoms with Crippen molar-refractivity contribution in [2.24, 2.45) is 0 Å². The lowest BCUT2D eigenvalue weighted by Gasteiger charge is -2.28. The fourth-order valence-electron chi connectivity index (χ4n) is 9.09. The van der Waals surface area contributed by atoms with E-state index in [4.69, 9.17) is 23.8 Å². The average molecular weight is 735 g/mol. The van der Waals surface area contributed by atoms with E-state index in [9.17, 15) is 0 Å². The topological polar surface area (TPSA) is 68.2 Å². The van der Waals surface area contributed by atoms with Gasteiger partial charge < -0.3 is 13.7 Å². The molecule has 57 heavy (non-hydrogen) atoms. The summed E-state index contributed by atoms with van der Waals surface area (Å²) < 4.78 is 13.2. The van der Waals surface area contributed by atoms with E-state index >= 15 is 0 Å². The molecule has 0 N–H and O–H groups in total. The lowest BCUT2D eigenvalue weighted by Crippen LogP contribution is -2.28. The highest BCUT2D eigenvalue weighted by atomic mass is 16.3. The number of hydrogen-bond acceptors (Lipinski definition) is 6. The summed E-state index contributed by atoms with van der Waals surface area (Å²) in [7, 11) is 0. The molecule has 2 aliphatic carbocycles. The second kappa shape index (κ2) is 12.6. The van der Waals surface area contributed by atoms with E-state index in [0.29, 0.717) is 23.4 Å². The minimum absolute atomic E-state index is 0.236. The summed E-state index contributed by atoms with van der Waals surface area (Å²) in [5.74, 6) is 2.24. The van der Waals surface area contributed by atoms with Crippen LogP contribution < -0.4 is 4.90 Å². The summed E-state index contributed by atoms with van der Waals surface area (Å²) in [5.41, 5.74) is 12.0. The molecule has 9 aromatic rings. The van der Waals surface area contributed by atoms with Crippen molar-refractivity contribution in [3.8, 4) is 33.9 Å². The molecule has 0 saturated carbocycles. The first kappa shape index (κ1) is 32.0. The first-order chi connectivity index (χ1) is 28.2. The molecule has 0 bridgehead atoms. The highest BCUT2D eigenvalue weighted by molar-refractivity contribution is 6.18. The normalized spacial score (nSPS) is 17.2. The highest BCUT2D eigenvalue weighted by Crippen LogP contribution is 2.49. The summed E-state index contributed by atoms with van der Waals surface area (Å²) in [4.78, 5) is 17.7. The van der Waals surface area contributed by atoms with Crippen molar-refractivity contribution in [2.75, 3.05) is 4.90 Å². The Labute approximate surface area is 328 Å². The van der Waals surface area contributed by atoms with Gasteiger partial charge in [-0.3, -0.25) is 0 Å². The van der Waals surface area contributed by atoms with Gasteiger partial charge in [0.05, 0.1) is 6.04 Å². The van der Waals surface area contributed by atoms with Gasteiger partial charge >= 0.3 is 0 Å². The molecular formula is C51H34N4O2. The number of hydrogen-bond donors (Lipinski definition) is 0. The van der Waals surface area contributed by atoms with E-state index < -0.39 is 0 Å². The number of rotatable bonds is 5. The molecule has 0 radical (unpaired) electrons. The third-order valence-corrected chi connectivity index (χ3v) is 11.7. The molecule has 6 nitrogen and oxygen atoms in total. The van der Waals surface area contributed by atoms with E-state index in [1.807, 2.05) is 48.5 Å². The van der Waals surface area contributed by atoms with Crippen LogP contribution in [0.3, 0.4) is 0 Å². The standard InChI is InChI=1S/C51H34N4O2/c1-3-13-31(14-4-1)49-52-50(32-15-5-2-6-16-32)54-51(53-49)39-20-12-24-45-48(39)47-35(19-11-23-44(47)57-45)33-25-27-38-40-30-34(26-28-43(40)56-46(38)29-33)55-41-21-9-7-17-36(41)37-18-8-10-22-42(37)55/h1,3-5,7-30,36,41H,2,6H2. The van der Waals surface area contributed by atoms with Gasteiger partial charge in [-0.2, -0.15) is 0 Å². The molecule has 6 heteroatoms. The van der Waals surface area contributed by atoms with Crippen molar-refractivity contribution in [1.29, 1.82) is 0 Å². The molecule has 270 valence electrons. The zero-order chi connectivity index (χ0) is 37.5. The van der Waals surface area contributed by atoms with Crippen LogP contribution in [0, 0.1) is 0 Å². The molecule has 0 amide bonds. The number of fused-ring (bicyclic) bond motifs is 9. The maximum Gasteiger partial charge on any atom is 0.164 e. The van der Waals surface area contributed by atoms with Gasteiger partial charge in [0.1, 0.15) is 22.3 Å². The molecule has 2 atom stereocenters. The molecule has 12 rings (SSSR count). The zero-order valence-corrected chi connectivity index (χ0v) is 30.8. The van der Waals surface area contributed by atoms with Crippen molar-refractivity contribution < 1.29 is 8.83 Å². The maximum atomic E-state index is 6.60. The first-order valence-corrected chi connectivity index (χ1v) is 19.6. The molecular weight excluding hydrogens is 701 g/mol. The van der Waals surface area contributed by atoms with Gasteiger partial charge in [0.25, 0.3) is 0 Å². The van der Waals surface area contributed by atoms with E-state index in [2.05, 4.69) is 126 Å². The minimum atomic E-state index is 0.236. The summed E-state index contributed by atoms with van der Waals surface area (Å²) >= 11 is 0. The number of para-hydroxylation sites is 1. The molecule has 4 heterocycles. The van der Waals surface area contributed by atoms with Crippen LogP contribution in [0.15, 0.2) is 179 Å². The predicted octanol–water partition coefficient (Wildman–Crippen LogP) is 13.1. The monoisotopic (exact) mass is 734 g/mol. The van der Waals surface area contributed by atoms with Crippen LogP contribution in [-0.4, -0.2) is 21.0 Å². The van der Waals surface area contributed by atoms with E-state index in [0.717, 1.165) is 90.2 Å². The van der Waals surface area contributed by atoms with Crippen LogP contribution in [0.1, 0.15) is 30.1 Å². The van der Waals surface area contributed by atoms with Gasteiger partial charge in [-0.15, -0.1) is 0 Å². The molecule has 1 aliphatic heterocycles. The van der Waals surface area contributed by atoms with Crippen molar-refractivity contribution in [1.82, 2.24) is 15.0 Å². The largest absolute Gasteiger partial charge is 0.456 e. The van der Waals surface area contributed by atoms with Crippen LogP contribution >= 0.6 is 0 Å². The van der Waals surface area contributed by atoms with E-state index in [1.54, 1.807) is 0 Å². The van der Waals surface area contributed by atoms with Crippen LogP contribution in [0.4, 0.5) is 11.4 Å². The second-order valence-corrected chi connectivity index (χ2v) is 15.0. The number of nitrogens with zero attached hydrogens (tertiary/aromatic N) is 4. The van der Waals surface area contributed by atoms with Crippen molar-refractivity contribution >= 4 is 60.8 Å². The van der Waals surface area contributed by atoms with Gasteiger partial charge in [-0.1, -0.05) is 121 Å². The van der Waals surface area contributed by atoms with Gasteiger partial charge in [0.2, 0.25) is 0 Å². The summed E-state index contributed by atoms with van der Waals surface area (Å²) in [6, 6.07) is 44.7. The minimum Gasteiger partial charge on any atom is -0.456 e. The lowest BCUT2D eigenvalue weighted by molar-refractivity contribution is 0.668. The number of benzene rings is 6. The number of allylic oxidation sites excluding steroid dienone is 6. The summed E-state index contributed by atoms with van der Waals surface area (Å²) in [6.07, 6.45) is 17.4. The third kappa shape index (κ3) is 5.07. The molecule has 3 aliphatic rings. The molecule has 6 aromatic carbocycles. The smallest absolute Gasteiger partial charge is 0.164 e. The van der Waals surface area contributed by atoms with Crippen molar-refractivity contribution in [3.63, 3.8) is 0 Å². The Morgan fingerprint density at radius 1 is 0.544 bits per heavy atom. The van der Waals surface area contributed by atoms with Crippen molar-refractivity contribution in [2.45, 2.75) is 24.8 Å². The fraction of sp³-hybridized carbons (Fsp3) is 0.0784. The maximum absolute atomic E-state index is 6.60. The van der Waals surface area contributed by atoms with Crippen LogP contribution in [-0.2, 0) is 0 Å². The Morgan fingerprint density at radius 3 is 2.19 bits per heavy atom. The summed E-state index contributed by atoms with van der Waals surface area (Å²) in [6.45, 7) is 0. The van der Waals surface area contributed by atoms with Gasteiger partial charge in [0, 0.05) is 55.5 Å². The Balaban J connectivity index is 1.00. The molecule has 0 saturated heterocycles. The van der Waals surface area contributed by atoms with E-state index in [-0.39, 0.29) is 6.04 Å². The van der Waals surface area contributed by atoms with Crippen LogP contribution in [0.25, 0.3) is 83.4 Å². The van der Waals surface area contributed by atoms with Gasteiger partial charge in [-0.25, -0.2) is 15.0 Å².